The molecule has 5 amide bonds. The lowest BCUT2D eigenvalue weighted by Gasteiger charge is -2.38. The maximum atomic E-state index is 14.5. The molecule has 5 rings (SSSR count). The Morgan fingerprint density at radius 1 is 0.880 bits per heavy atom. The van der Waals surface area contributed by atoms with E-state index in [4.69, 9.17) is 0 Å². The normalized spacial score (nSPS) is 23.6. The Balaban J connectivity index is 0.00000181. The van der Waals surface area contributed by atoms with Gasteiger partial charge < -0.3 is 26.2 Å². The van der Waals surface area contributed by atoms with Crippen LogP contribution in [0.4, 0.5) is 0 Å². The minimum absolute atomic E-state index is 0.0131. The van der Waals surface area contributed by atoms with Crippen LogP contribution in [0, 0.1) is 23.2 Å². The van der Waals surface area contributed by atoms with Gasteiger partial charge in [-0.25, -0.2) is 4.98 Å². The Bertz CT molecular complexity index is 1370. The third-order valence-electron chi connectivity index (χ3n) is 10.2. The van der Waals surface area contributed by atoms with Crippen LogP contribution in [0.5, 0.6) is 0 Å². The van der Waals surface area contributed by atoms with E-state index in [1.54, 1.807) is 4.90 Å². The number of hydrogen-bond acceptors (Lipinski definition) is 8. The molecule has 1 aliphatic heterocycles. The van der Waals surface area contributed by atoms with Gasteiger partial charge in [0.2, 0.25) is 23.5 Å². The first-order valence-corrected chi connectivity index (χ1v) is 18.6. The molecule has 2 heterocycles. The van der Waals surface area contributed by atoms with E-state index in [2.05, 4.69) is 45.1 Å². The van der Waals surface area contributed by atoms with E-state index >= 15 is 0 Å². The van der Waals surface area contributed by atoms with E-state index in [-0.39, 0.29) is 35.4 Å². The molecule has 276 valence electrons. The number of nitrogens with one attached hydrogen (secondary N) is 4. The van der Waals surface area contributed by atoms with Crippen LogP contribution < -0.4 is 21.3 Å². The zero-order valence-corrected chi connectivity index (χ0v) is 30.6. The van der Waals surface area contributed by atoms with Crippen molar-refractivity contribution in [2.75, 3.05) is 6.54 Å². The van der Waals surface area contributed by atoms with E-state index in [0.717, 1.165) is 64.2 Å². The van der Waals surface area contributed by atoms with Gasteiger partial charge in [-0.2, -0.15) is 0 Å². The number of Topliss-reactive ketones (excluding diaryl/α,β-unsaturated/α-hetero) is 1. The summed E-state index contributed by atoms with van der Waals surface area (Å²) in [7, 11) is 0. The summed E-state index contributed by atoms with van der Waals surface area (Å²) < 4.78 is 0. The van der Waals surface area contributed by atoms with Crippen molar-refractivity contribution in [3.63, 3.8) is 0 Å². The minimum Gasteiger partial charge on any atom is -0.347 e. The molecule has 13 nitrogen and oxygen atoms in total. The van der Waals surface area contributed by atoms with Gasteiger partial charge in [-0.1, -0.05) is 66.7 Å². The van der Waals surface area contributed by atoms with Gasteiger partial charge in [-0.15, -0.1) is 0 Å². The van der Waals surface area contributed by atoms with Gasteiger partial charge >= 0.3 is 0 Å². The third-order valence-corrected chi connectivity index (χ3v) is 10.2. The summed E-state index contributed by atoms with van der Waals surface area (Å²) in [4.78, 5) is 90.2. The number of aromatic nitrogens is 2. The Hall–Kier alpha value is -3.90. The van der Waals surface area contributed by atoms with Gasteiger partial charge in [0.05, 0.1) is 12.2 Å². The number of rotatable bonds is 11. The molecule has 4 N–H and O–H groups in total. The lowest BCUT2D eigenvalue weighted by atomic mass is 9.82. The van der Waals surface area contributed by atoms with Crippen LogP contribution >= 0.6 is 0 Å². The zero-order chi connectivity index (χ0) is 36.6. The van der Waals surface area contributed by atoms with E-state index in [0.29, 0.717) is 6.54 Å². The smallest absolute Gasteiger partial charge is 0.289 e. The highest BCUT2D eigenvalue weighted by molar-refractivity contribution is 6.38. The molecule has 0 radical (unpaired) electrons. The number of carbonyl (C=O) groups is 6. The fourth-order valence-electron chi connectivity index (χ4n) is 7.46. The molecule has 2 unspecified atom stereocenters. The lowest BCUT2D eigenvalue weighted by molar-refractivity contribution is -0.146. The molecule has 4 aliphatic rings. The first-order valence-electron chi connectivity index (χ1n) is 18.6. The quantitative estimate of drug-likeness (QED) is 0.255. The fraction of sp³-hybridized carbons (Fsp3) is 0.730. The van der Waals surface area contributed by atoms with Crippen LogP contribution in [0.3, 0.4) is 0 Å². The zero-order valence-electron chi connectivity index (χ0n) is 30.6. The molecule has 50 heavy (non-hydrogen) atoms. The molecular weight excluding hydrogens is 638 g/mol. The van der Waals surface area contributed by atoms with E-state index in [9.17, 15) is 28.8 Å². The van der Waals surface area contributed by atoms with Crippen molar-refractivity contribution < 1.29 is 28.8 Å². The molecule has 3 aliphatic carbocycles. The predicted octanol–water partition coefficient (Wildman–Crippen LogP) is 3.08. The molecule has 0 spiro atoms. The predicted molar refractivity (Wildman–Crippen MR) is 187 cm³/mol. The summed E-state index contributed by atoms with van der Waals surface area (Å²) in [5.74, 6) is -3.33. The summed E-state index contributed by atoms with van der Waals surface area (Å²) in [6.07, 6.45) is 14.2. The fourth-order valence-corrected chi connectivity index (χ4v) is 7.46. The Morgan fingerprint density at radius 3 is 2.16 bits per heavy atom. The number of carbonyl (C=O) groups excluding carboxylic acids is 6. The molecule has 3 saturated carbocycles. The summed E-state index contributed by atoms with van der Waals surface area (Å²) in [6.45, 7) is 11.7. The van der Waals surface area contributed by atoms with Crippen molar-refractivity contribution in [1.29, 1.82) is 0 Å². The largest absolute Gasteiger partial charge is 0.347 e. The van der Waals surface area contributed by atoms with Crippen molar-refractivity contribution >= 4 is 35.3 Å². The third kappa shape index (κ3) is 9.87. The highest BCUT2D eigenvalue weighted by Gasteiger charge is 2.52. The van der Waals surface area contributed by atoms with Crippen molar-refractivity contribution in [1.82, 2.24) is 36.1 Å². The van der Waals surface area contributed by atoms with Gasteiger partial charge in [0.15, 0.2) is 0 Å². The second-order valence-electron chi connectivity index (χ2n) is 15.6. The number of amides is 5. The van der Waals surface area contributed by atoms with Crippen molar-refractivity contribution in [3.8, 4) is 0 Å². The monoisotopic (exact) mass is 695 g/mol. The molecule has 1 saturated heterocycles. The first-order chi connectivity index (χ1) is 23.8. The van der Waals surface area contributed by atoms with Gasteiger partial charge in [-0.3, -0.25) is 33.8 Å². The number of nitrogens with zero attached hydrogens (tertiary/aromatic N) is 3. The number of fused-ring (bicyclic) bond motifs is 1. The average Bonchev–Trinajstić information content (AvgIpc) is 3.65. The number of likely N-dealkylation sites (tertiary alicyclic amines) is 1. The highest BCUT2D eigenvalue weighted by Crippen LogP contribution is 2.43. The standard InChI is InChI=1S/C34H49N7O6.C3H8/c1-19(27(42)32(46)38-22-13-14-22)37-31(45)26-23-12-8-11-21(23)18-41(26)33(47)28(34(2,3)4)40-30(44)25(20-9-6-5-7-10-20)39-29(43)24-17-35-15-16-36-24;1-3-2/h15-17,19-23,25-26,28H,5-14,18H2,1-4H3,(H,37,45)(H,38,46)(H,39,43)(H,40,44);3H2,1-2H3/t19?,21-,23-,25-,26-,28?;/m0./s1. The molecule has 1 aromatic rings. The lowest BCUT2D eigenvalue weighted by Crippen LogP contribution is -2.62. The maximum Gasteiger partial charge on any atom is 0.289 e. The Labute approximate surface area is 296 Å². The molecule has 13 heteroatoms. The maximum absolute atomic E-state index is 14.5. The number of hydrogen-bond donors (Lipinski definition) is 4. The number of ketones is 1. The summed E-state index contributed by atoms with van der Waals surface area (Å²) in [6, 6.07) is -3.74. The van der Waals surface area contributed by atoms with Gasteiger partial charge in [-0.05, 0) is 68.6 Å². The summed E-state index contributed by atoms with van der Waals surface area (Å²) in [5, 5.41) is 11.3. The highest BCUT2D eigenvalue weighted by atomic mass is 16.2. The van der Waals surface area contributed by atoms with Crippen molar-refractivity contribution in [2.24, 2.45) is 23.2 Å². The van der Waals surface area contributed by atoms with Crippen LogP contribution in [-0.4, -0.2) is 86.9 Å². The van der Waals surface area contributed by atoms with Crippen LogP contribution in [0.1, 0.15) is 123 Å². The Morgan fingerprint density at radius 2 is 1.56 bits per heavy atom. The van der Waals surface area contributed by atoms with Gasteiger partial charge in [0, 0.05) is 25.0 Å². The van der Waals surface area contributed by atoms with Crippen molar-refractivity contribution in [2.45, 2.75) is 142 Å². The topological polar surface area (TPSA) is 180 Å². The second kappa shape index (κ2) is 17.4. The second-order valence-corrected chi connectivity index (χ2v) is 15.6. The molecule has 1 aromatic heterocycles. The molecule has 6 atom stereocenters. The van der Waals surface area contributed by atoms with E-state index in [1.165, 1.54) is 31.9 Å². The van der Waals surface area contributed by atoms with Crippen LogP contribution in [-0.2, 0) is 24.0 Å². The van der Waals surface area contributed by atoms with Crippen LogP contribution in [0.25, 0.3) is 0 Å². The van der Waals surface area contributed by atoms with E-state index < -0.39 is 59.0 Å². The molecule has 4 fully saturated rings. The van der Waals surface area contributed by atoms with Crippen LogP contribution in [0.2, 0.25) is 0 Å². The van der Waals surface area contributed by atoms with Crippen molar-refractivity contribution in [3.05, 3.63) is 24.3 Å². The molecular formula is C37H57N7O6. The van der Waals surface area contributed by atoms with Gasteiger partial charge in [0.25, 0.3) is 11.8 Å². The molecule has 0 bridgehead atoms. The first kappa shape index (κ1) is 38.9. The Kier molecular flexibility index (Phi) is 13.5. The molecule has 0 aromatic carbocycles. The van der Waals surface area contributed by atoms with Gasteiger partial charge in [0.1, 0.15) is 23.8 Å². The SMILES string of the molecule is CC(NC(=O)[C@@H]1[C@H]2CCC[C@H]2CN1C(=O)C(NC(=O)[C@@H](NC(=O)c1cnccn1)C1CCCCC1)C(C)(C)C)C(=O)C(=O)NC1CC1.CCC. The average molecular weight is 696 g/mol. The summed E-state index contributed by atoms with van der Waals surface area (Å²) >= 11 is 0. The van der Waals surface area contributed by atoms with E-state index in [1.807, 2.05) is 20.8 Å². The van der Waals surface area contributed by atoms with Crippen LogP contribution in [0.15, 0.2) is 18.6 Å². The summed E-state index contributed by atoms with van der Waals surface area (Å²) in [5.41, 5.74) is -0.637. The minimum atomic E-state index is -1.05.